The Morgan fingerprint density at radius 1 is 1.03 bits per heavy atom. The van der Waals surface area contributed by atoms with E-state index in [1.165, 1.54) is 11.8 Å². The van der Waals surface area contributed by atoms with Gasteiger partial charge in [0.25, 0.3) is 5.91 Å². The van der Waals surface area contributed by atoms with Crippen molar-refractivity contribution in [1.82, 2.24) is 29.4 Å². The van der Waals surface area contributed by atoms with Crippen LogP contribution < -0.4 is 4.74 Å². The number of hydrogen-bond donors (Lipinski definition) is 1. The van der Waals surface area contributed by atoms with Crippen LogP contribution in [0.25, 0.3) is 22.6 Å². The van der Waals surface area contributed by atoms with Gasteiger partial charge in [-0.3, -0.25) is 9.78 Å². The van der Waals surface area contributed by atoms with Crippen molar-refractivity contribution >= 4 is 28.7 Å². The summed E-state index contributed by atoms with van der Waals surface area (Å²) in [6.45, 7) is 0. The molecule has 34 heavy (non-hydrogen) atoms. The summed E-state index contributed by atoms with van der Waals surface area (Å²) in [4.78, 5) is 31.6. The van der Waals surface area contributed by atoms with Crippen molar-refractivity contribution in [3.05, 3.63) is 78.8 Å². The number of benzene rings is 2. The molecule has 0 spiro atoms. The highest BCUT2D eigenvalue weighted by Gasteiger charge is 2.16. The molecule has 1 N–H and O–H groups in total. The molecule has 0 bridgehead atoms. The fourth-order valence-corrected chi connectivity index (χ4v) is 4.37. The van der Waals surface area contributed by atoms with E-state index in [1.54, 1.807) is 55.7 Å². The number of nitrogens with one attached hydrogen (secondary N) is 1. The van der Waals surface area contributed by atoms with Crippen LogP contribution in [0.2, 0.25) is 0 Å². The quantitative estimate of drug-likeness (QED) is 0.376. The fourth-order valence-electron chi connectivity index (χ4n) is 3.43. The van der Waals surface area contributed by atoms with E-state index < -0.39 is 0 Å². The third-order valence-electron chi connectivity index (χ3n) is 5.15. The molecule has 3 heterocycles. The molecule has 0 atom stereocenters. The van der Waals surface area contributed by atoms with Crippen LogP contribution in [0.4, 0.5) is 0 Å². The van der Waals surface area contributed by atoms with Gasteiger partial charge in [-0.2, -0.15) is 0 Å². The highest BCUT2D eigenvalue weighted by Crippen LogP contribution is 2.37. The molecular weight excluding hydrogens is 448 g/mol. The number of ether oxygens (including phenoxy) is 1. The lowest BCUT2D eigenvalue weighted by atomic mass is 10.2. The molecule has 9 heteroatoms. The molecule has 0 saturated carbocycles. The summed E-state index contributed by atoms with van der Waals surface area (Å²) in [7, 11) is 5.41. The number of H-pyrrole nitrogens is 1. The van der Waals surface area contributed by atoms with E-state index in [4.69, 9.17) is 9.72 Å². The maximum absolute atomic E-state index is 12.2. The molecule has 0 radical (unpaired) electrons. The van der Waals surface area contributed by atoms with Gasteiger partial charge in [0, 0.05) is 56.3 Å². The van der Waals surface area contributed by atoms with Gasteiger partial charge in [-0.25, -0.2) is 9.97 Å². The number of pyridine rings is 1. The van der Waals surface area contributed by atoms with Crippen LogP contribution >= 0.6 is 11.8 Å². The van der Waals surface area contributed by atoms with E-state index in [1.807, 2.05) is 48.1 Å². The molecule has 2 aromatic carbocycles. The molecule has 8 nitrogen and oxygen atoms in total. The molecule has 0 aliphatic carbocycles. The second kappa shape index (κ2) is 9.03. The fraction of sp³-hybridized carbons (Fsp3) is 0.120. The lowest BCUT2D eigenvalue weighted by molar-refractivity contribution is 0.0827. The standard InChI is InChI=1S/C25H22N6O2S/c1-30(2)24(32)16-7-9-17(10-8-16)33-18-14-20-22(21(15-18)34-25-27-12-13-31(25)3)29-23(28-20)19-6-4-5-11-26-19/h4-15H,1-3H3,(H,28,29). The first-order valence-electron chi connectivity index (χ1n) is 10.6. The Kier molecular flexibility index (Phi) is 5.77. The SMILES string of the molecule is CN(C)C(=O)c1ccc(Oc2cc(Sc3nccn3C)c3nc(-c4ccccn4)[nH]c3c2)cc1. The number of nitrogens with zero attached hydrogens (tertiary/aromatic N) is 5. The first kappa shape index (κ1) is 21.7. The predicted octanol–water partition coefficient (Wildman–Crippen LogP) is 5.00. The minimum Gasteiger partial charge on any atom is -0.457 e. The van der Waals surface area contributed by atoms with E-state index >= 15 is 0 Å². The molecule has 1 amide bonds. The van der Waals surface area contributed by atoms with Crippen LogP contribution in [0, 0.1) is 0 Å². The molecule has 0 unspecified atom stereocenters. The zero-order valence-electron chi connectivity index (χ0n) is 18.9. The summed E-state index contributed by atoms with van der Waals surface area (Å²) < 4.78 is 8.11. The van der Waals surface area contributed by atoms with Gasteiger partial charge >= 0.3 is 0 Å². The van der Waals surface area contributed by atoms with Crippen LogP contribution in [0.15, 0.2) is 83.2 Å². The van der Waals surface area contributed by atoms with E-state index in [0.29, 0.717) is 22.9 Å². The third-order valence-corrected chi connectivity index (χ3v) is 6.26. The summed E-state index contributed by atoms with van der Waals surface area (Å²) in [5, 5.41) is 0.840. The summed E-state index contributed by atoms with van der Waals surface area (Å²) >= 11 is 1.51. The Hall–Kier alpha value is -4.11. The molecule has 5 aromatic rings. The maximum Gasteiger partial charge on any atom is 0.253 e. The van der Waals surface area contributed by atoms with Crippen molar-refractivity contribution in [2.75, 3.05) is 14.1 Å². The lowest BCUT2D eigenvalue weighted by Crippen LogP contribution is -2.21. The Labute approximate surface area is 200 Å². The van der Waals surface area contributed by atoms with Crippen LogP contribution in [0.3, 0.4) is 0 Å². The van der Waals surface area contributed by atoms with E-state index in [-0.39, 0.29) is 5.91 Å². The number of aromatic amines is 1. The Morgan fingerprint density at radius 3 is 2.53 bits per heavy atom. The van der Waals surface area contributed by atoms with Gasteiger partial charge in [-0.05, 0) is 54.2 Å². The number of imidazole rings is 2. The molecule has 0 aliphatic heterocycles. The number of hydrogen-bond acceptors (Lipinski definition) is 6. The van der Waals surface area contributed by atoms with Crippen LogP contribution in [0.5, 0.6) is 11.5 Å². The van der Waals surface area contributed by atoms with Gasteiger partial charge in [0.05, 0.1) is 5.52 Å². The lowest BCUT2D eigenvalue weighted by Gasteiger charge is -2.11. The van der Waals surface area contributed by atoms with Crippen molar-refractivity contribution in [3.63, 3.8) is 0 Å². The van der Waals surface area contributed by atoms with Crippen LogP contribution in [-0.4, -0.2) is 49.4 Å². The van der Waals surface area contributed by atoms with Crippen LogP contribution in [-0.2, 0) is 7.05 Å². The summed E-state index contributed by atoms with van der Waals surface area (Å²) in [6, 6.07) is 16.7. The highest BCUT2D eigenvalue weighted by molar-refractivity contribution is 7.99. The summed E-state index contributed by atoms with van der Waals surface area (Å²) in [5.74, 6) is 1.90. The third kappa shape index (κ3) is 4.38. The summed E-state index contributed by atoms with van der Waals surface area (Å²) in [6.07, 6.45) is 5.41. The minimum atomic E-state index is -0.0544. The van der Waals surface area contributed by atoms with Crippen molar-refractivity contribution < 1.29 is 9.53 Å². The van der Waals surface area contributed by atoms with Crippen LogP contribution in [0.1, 0.15) is 10.4 Å². The Balaban J connectivity index is 1.52. The zero-order chi connectivity index (χ0) is 23.7. The molecule has 0 aliphatic rings. The number of aromatic nitrogens is 5. The number of carbonyl (C=O) groups is 1. The number of rotatable bonds is 6. The zero-order valence-corrected chi connectivity index (χ0v) is 19.7. The smallest absolute Gasteiger partial charge is 0.253 e. The van der Waals surface area contributed by atoms with Gasteiger partial charge in [-0.15, -0.1) is 0 Å². The largest absolute Gasteiger partial charge is 0.457 e. The normalized spacial score (nSPS) is 11.0. The van der Waals surface area contributed by atoms with Gasteiger partial charge < -0.3 is 19.2 Å². The molecule has 5 rings (SSSR count). The average Bonchev–Trinajstić information content (AvgIpc) is 3.46. The van der Waals surface area contributed by atoms with Crippen molar-refractivity contribution in [1.29, 1.82) is 0 Å². The molecule has 0 saturated heterocycles. The first-order chi connectivity index (χ1) is 16.5. The topological polar surface area (TPSA) is 88.9 Å². The van der Waals surface area contributed by atoms with E-state index in [9.17, 15) is 4.79 Å². The molecule has 3 aromatic heterocycles. The minimum absolute atomic E-state index is 0.0544. The Bertz CT molecular complexity index is 1460. The average molecular weight is 471 g/mol. The second-order valence-corrected chi connectivity index (χ2v) is 8.88. The van der Waals surface area contributed by atoms with Gasteiger partial charge in [0.1, 0.15) is 22.7 Å². The van der Waals surface area contributed by atoms with Crippen molar-refractivity contribution in [3.8, 4) is 23.0 Å². The monoisotopic (exact) mass is 470 g/mol. The predicted molar refractivity (Wildman–Crippen MR) is 131 cm³/mol. The van der Waals surface area contributed by atoms with Gasteiger partial charge in [-0.1, -0.05) is 6.07 Å². The van der Waals surface area contributed by atoms with Crippen molar-refractivity contribution in [2.45, 2.75) is 10.1 Å². The number of aryl methyl sites for hydroxylation is 1. The highest BCUT2D eigenvalue weighted by atomic mass is 32.2. The molecule has 170 valence electrons. The van der Waals surface area contributed by atoms with Gasteiger partial charge in [0.15, 0.2) is 11.0 Å². The number of carbonyl (C=O) groups excluding carboxylic acids is 1. The van der Waals surface area contributed by atoms with E-state index in [0.717, 1.165) is 26.8 Å². The Morgan fingerprint density at radius 2 is 1.85 bits per heavy atom. The maximum atomic E-state index is 12.2. The first-order valence-corrected chi connectivity index (χ1v) is 11.4. The number of fused-ring (bicyclic) bond motifs is 1. The molecule has 0 fully saturated rings. The second-order valence-electron chi connectivity index (χ2n) is 7.87. The summed E-state index contributed by atoms with van der Waals surface area (Å²) in [5.41, 5.74) is 3.00. The number of amides is 1. The van der Waals surface area contributed by atoms with E-state index in [2.05, 4.69) is 15.0 Å². The molecular formula is C25H22N6O2S. The van der Waals surface area contributed by atoms with Gasteiger partial charge in [0.2, 0.25) is 0 Å². The van der Waals surface area contributed by atoms with Crippen molar-refractivity contribution in [2.24, 2.45) is 7.05 Å².